The quantitative estimate of drug-likeness (QED) is 0.729. The van der Waals surface area contributed by atoms with Crippen molar-refractivity contribution < 1.29 is 4.74 Å². The Morgan fingerprint density at radius 3 is 2.67 bits per heavy atom. The first kappa shape index (κ1) is 8.50. The Bertz CT molecular complexity index is 285. The van der Waals surface area contributed by atoms with Crippen LogP contribution in [-0.4, -0.2) is 23.0 Å². The minimum absolute atomic E-state index is 0.105. The lowest BCUT2D eigenvalue weighted by atomic mass is 10.0. The van der Waals surface area contributed by atoms with Gasteiger partial charge in [-0.15, -0.1) is 0 Å². The summed E-state index contributed by atoms with van der Waals surface area (Å²) in [5.74, 6) is 0. The van der Waals surface area contributed by atoms with E-state index in [1.54, 1.807) is 0 Å². The summed E-state index contributed by atoms with van der Waals surface area (Å²) >= 11 is 2.25. The van der Waals surface area contributed by atoms with Crippen LogP contribution in [0.3, 0.4) is 0 Å². The third-order valence-electron chi connectivity index (χ3n) is 2.22. The van der Waals surface area contributed by atoms with Gasteiger partial charge in [0.05, 0.1) is 13.2 Å². The fourth-order valence-corrected chi connectivity index (χ4v) is 1.62. The van der Waals surface area contributed by atoms with Crippen LogP contribution < -0.4 is 0 Å². The van der Waals surface area contributed by atoms with Crippen LogP contribution in [0, 0.1) is 10.6 Å². The van der Waals surface area contributed by atoms with Crippen molar-refractivity contribution in [2.75, 3.05) is 13.2 Å². The Morgan fingerprint density at radius 2 is 2.33 bits per heavy atom. The van der Waals surface area contributed by atoms with Gasteiger partial charge in [-0.2, -0.15) is 5.10 Å². The zero-order valence-corrected chi connectivity index (χ0v) is 9.33. The summed E-state index contributed by atoms with van der Waals surface area (Å²) in [7, 11) is 0. The van der Waals surface area contributed by atoms with E-state index in [9.17, 15) is 0 Å². The fourth-order valence-electron chi connectivity index (χ4n) is 1.25. The summed E-state index contributed by atoms with van der Waals surface area (Å²) in [6, 6.07) is 0. The molecular weight excluding hydrogens is 267 g/mol. The van der Waals surface area contributed by atoms with Crippen molar-refractivity contribution in [1.82, 2.24) is 9.78 Å². The molecule has 0 amide bonds. The van der Waals surface area contributed by atoms with E-state index in [4.69, 9.17) is 4.74 Å². The van der Waals surface area contributed by atoms with Gasteiger partial charge in [0.15, 0.2) is 0 Å². The number of aryl methyl sites for hydroxylation is 1. The maximum Gasteiger partial charge on any atom is 0.126 e. The van der Waals surface area contributed by atoms with Gasteiger partial charge < -0.3 is 4.74 Å². The van der Waals surface area contributed by atoms with E-state index >= 15 is 0 Å². The molecule has 0 saturated carbocycles. The van der Waals surface area contributed by atoms with E-state index < -0.39 is 0 Å². The first-order valence-corrected chi connectivity index (χ1v) is 5.00. The molecule has 0 radical (unpaired) electrons. The van der Waals surface area contributed by atoms with Crippen molar-refractivity contribution in [3.8, 4) is 0 Å². The molecule has 0 N–H and O–H groups in total. The highest BCUT2D eigenvalue weighted by molar-refractivity contribution is 14.1. The van der Waals surface area contributed by atoms with Crippen molar-refractivity contribution in [1.29, 1.82) is 0 Å². The van der Waals surface area contributed by atoms with Gasteiger partial charge in [-0.3, -0.25) is 4.68 Å². The second-order valence-electron chi connectivity index (χ2n) is 3.54. The van der Waals surface area contributed by atoms with Crippen LogP contribution in [0.1, 0.15) is 12.5 Å². The normalized spacial score (nSPS) is 20.6. The summed E-state index contributed by atoms with van der Waals surface area (Å²) < 4.78 is 8.28. The van der Waals surface area contributed by atoms with Crippen LogP contribution >= 0.6 is 22.6 Å². The van der Waals surface area contributed by atoms with E-state index in [-0.39, 0.29) is 5.54 Å². The molecular formula is C8H11IN2O. The number of rotatable bonds is 1. The largest absolute Gasteiger partial charge is 0.376 e. The van der Waals surface area contributed by atoms with Crippen molar-refractivity contribution in [2.24, 2.45) is 0 Å². The lowest BCUT2D eigenvalue weighted by Gasteiger charge is -2.38. The Hall–Kier alpha value is -0.100. The molecule has 0 spiro atoms. The van der Waals surface area contributed by atoms with Crippen LogP contribution in [0.4, 0.5) is 0 Å². The third-order valence-corrected chi connectivity index (χ3v) is 3.28. The highest BCUT2D eigenvalue weighted by Crippen LogP contribution is 2.25. The SMILES string of the molecule is Cc1cn(C2(C)COC2)nc1I. The highest BCUT2D eigenvalue weighted by Gasteiger charge is 2.36. The molecule has 0 aromatic carbocycles. The molecule has 2 heterocycles. The Morgan fingerprint density at radius 1 is 1.67 bits per heavy atom. The molecule has 1 aliphatic heterocycles. The van der Waals surface area contributed by atoms with Crippen molar-refractivity contribution >= 4 is 22.6 Å². The van der Waals surface area contributed by atoms with E-state index in [1.807, 2.05) is 4.68 Å². The number of hydrogen-bond donors (Lipinski definition) is 0. The number of halogens is 1. The second-order valence-corrected chi connectivity index (χ2v) is 4.56. The maximum absolute atomic E-state index is 5.18. The van der Waals surface area contributed by atoms with Gasteiger partial charge in [-0.1, -0.05) is 0 Å². The smallest absolute Gasteiger partial charge is 0.126 e. The Kier molecular flexibility index (Phi) is 1.91. The molecule has 1 saturated heterocycles. The Balaban J connectivity index is 2.34. The predicted octanol–water partition coefficient (Wildman–Crippen LogP) is 1.54. The van der Waals surface area contributed by atoms with E-state index in [1.165, 1.54) is 5.56 Å². The van der Waals surface area contributed by atoms with Crippen molar-refractivity contribution in [3.63, 3.8) is 0 Å². The zero-order valence-electron chi connectivity index (χ0n) is 7.17. The van der Waals surface area contributed by atoms with E-state index in [0.29, 0.717) is 0 Å². The van der Waals surface area contributed by atoms with Gasteiger partial charge in [0.2, 0.25) is 0 Å². The molecule has 4 heteroatoms. The van der Waals surface area contributed by atoms with Crippen LogP contribution in [0.25, 0.3) is 0 Å². The Labute approximate surface area is 85.2 Å². The highest BCUT2D eigenvalue weighted by atomic mass is 127. The summed E-state index contributed by atoms with van der Waals surface area (Å²) in [4.78, 5) is 0. The molecule has 0 aliphatic carbocycles. The van der Waals surface area contributed by atoms with Gasteiger partial charge in [0, 0.05) is 11.8 Å². The molecule has 0 unspecified atom stereocenters. The molecule has 0 atom stereocenters. The lowest BCUT2D eigenvalue weighted by molar-refractivity contribution is -0.0959. The summed E-state index contributed by atoms with van der Waals surface area (Å²) in [6.45, 7) is 5.81. The monoisotopic (exact) mass is 278 g/mol. The number of hydrogen-bond acceptors (Lipinski definition) is 2. The molecule has 12 heavy (non-hydrogen) atoms. The molecule has 2 rings (SSSR count). The van der Waals surface area contributed by atoms with Gasteiger partial charge in [0.25, 0.3) is 0 Å². The zero-order chi connectivity index (χ0) is 8.77. The predicted molar refractivity (Wildman–Crippen MR) is 54.1 cm³/mol. The second kappa shape index (κ2) is 2.70. The number of nitrogens with zero attached hydrogens (tertiary/aromatic N) is 2. The number of ether oxygens (including phenoxy) is 1. The van der Waals surface area contributed by atoms with Crippen LogP contribution in [0.15, 0.2) is 6.20 Å². The van der Waals surface area contributed by atoms with Crippen LogP contribution in [0.5, 0.6) is 0 Å². The summed E-state index contributed by atoms with van der Waals surface area (Å²) in [5.41, 5.74) is 1.34. The average Bonchev–Trinajstić information content (AvgIpc) is 2.28. The van der Waals surface area contributed by atoms with E-state index in [0.717, 1.165) is 16.9 Å². The summed E-state index contributed by atoms with van der Waals surface area (Å²) in [5, 5.41) is 4.43. The first-order valence-electron chi connectivity index (χ1n) is 3.92. The standard InChI is InChI=1S/C8H11IN2O/c1-6-3-11(10-7(6)9)8(2)4-12-5-8/h3H,4-5H2,1-2H3. The van der Waals surface area contributed by atoms with Gasteiger partial charge in [-0.05, 0) is 36.4 Å². The molecule has 66 valence electrons. The minimum atomic E-state index is 0.105. The van der Waals surface area contributed by atoms with Crippen LogP contribution in [0.2, 0.25) is 0 Å². The molecule has 3 nitrogen and oxygen atoms in total. The van der Waals surface area contributed by atoms with Gasteiger partial charge in [0.1, 0.15) is 9.24 Å². The number of aromatic nitrogens is 2. The lowest BCUT2D eigenvalue weighted by Crippen LogP contribution is -2.49. The molecule has 0 bridgehead atoms. The van der Waals surface area contributed by atoms with Gasteiger partial charge >= 0.3 is 0 Å². The third kappa shape index (κ3) is 1.17. The maximum atomic E-state index is 5.18. The molecule has 1 aliphatic rings. The molecule has 1 aromatic heterocycles. The minimum Gasteiger partial charge on any atom is -0.376 e. The topological polar surface area (TPSA) is 27.1 Å². The van der Waals surface area contributed by atoms with Crippen molar-refractivity contribution in [3.05, 3.63) is 15.5 Å². The first-order chi connectivity index (χ1) is 5.62. The molecule has 1 aromatic rings. The summed E-state index contributed by atoms with van der Waals surface area (Å²) in [6.07, 6.45) is 2.09. The van der Waals surface area contributed by atoms with Crippen molar-refractivity contribution in [2.45, 2.75) is 19.4 Å². The van der Waals surface area contributed by atoms with Gasteiger partial charge in [-0.25, -0.2) is 0 Å². The average molecular weight is 278 g/mol. The van der Waals surface area contributed by atoms with Crippen LogP contribution in [-0.2, 0) is 10.3 Å². The molecule has 1 fully saturated rings. The fraction of sp³-hybridized carbons (Fsp3) is 0.625. The van der Waals surface area contributed by atoms with E-state index in [2.05, 4.69) is 47.7 Å².